The zero-order valence-corrected chi connectivity index (χ0v) is 27.7. The Balaban J connectivity index is 1.43. The minimum absolute atomic E-state index is 0.664. The van der Waals surface area contributed by atoms with Gasteiger partial charge in [-0.15, -0.1) is 0 Å². The van der Waals surface area contributed by atoms with Gasteiger partial charge in [-0.3, -0.25) is 0 Å². The van der Waals surface area contributed by atoms with Crippen LogP contribution in [-0.4, -0.2) is 105 Å². The monoisotopic (exact) mass is 648 g/mol. The van der Waals surface area contributed by atoms with E-state index < -0.39 is 18.4 Å². The molecule has 3 aliphatic heterocycles. The van der Waals surface area contributed by atoms with Crippen LogP contribution in [0.1, 0.15) is 65.0 Å². The van der Waals surface area contributed by atoms with Crippen molar-refractivity contribution in [3.05, 3.63) is 17.8 Å². The Morgan fingerprint density at radius 1 is 0.821 bits per heavy atom. The van der Waals surface area contributed by atoms with Gasteiger partial charge in [0.05, 0.1) is 0 Å². The first kappa shape index (κ1) is 29.6. The molecule has 39 heavy (non-hydrogen) atoms. The molecule has 0 N–H and O–H groups in total. The summed E-state index contributed by atoms with van der Waals surface area (Å²) in [6.45, 7) is 17.5. The zero-order valence-electron chi connectivity index (χ0n) is 24.9. The Morgan fingerprint density at radius 2 is 1.41 bits per heavy atom. The van der Waals surface area contributed by atoms with Crippen molar-refractivity contribution in [3.63, 3.8) is 0 Å². The molecule has 0 aromatic carbocycles. The van der Waals surface area contributed by atoms with Gasteiger partial charge >= 0.3 is 236 Å². The number of unbranched alkanes of at least 4 members (excludes halogenated alkanes) is 3. The van der Waals surface area contributed by atoms with Crippen LogP contribution in [0.15, 0.2) is 16.5 Å². The number of hydrogen-bond donors (Lipinski definition) is 0. The first-order valence-corrected chi connectivity index (χ1v) is 23.4. The predicted molar refractivity (Wildman–Crippen MR) is 163 cm³/mol. The maximum absolute atomic E-state index is 7.00. The van der Waals surface area contributed by atoms with Crippen molar-refractivity contribution in [1.29, 1.82) is 0 Å². The fraction of sp³-hybridized carbons (Fsp3) is 0.774. The fourth-order valence-corrected chi connectivity index (χ4v) is 22.1. The van der Waals surface area contributed by atoms with Crippen molar-refractivity contribution in [3.8, 4) is 0 Å². The van der Waals surface area contributed by atoms with Gasteiger partial charge in [-0.25, -0.2) is 0 Å². The summed E-state index contributed by atoms with van der Waals surface area (Å²) in [7, 11) is 0. The Labute approximate surface area is 240 Å². The summed E-state index contributed by atoms with van der Waals surface area (Å²) >= 11 is -2.68. The molecule has 2 aromatic heterocycles. The molecule has 5 rings (SSSR count). The normalized spacial score (nSPS) is 20.1. The van der Waals surface area contributed by atoms with Crippen LogP contribution in [0.25, 0.3) is 11.0 Å². The number of likely N-dealkylation sites (tertiary alicyclic amines) is 1. The Kier molecular flexibility index (Phi) is 10.9. The van der Waals surface area contributed by atoms with Gasteiger partial charge in [0.2, 0.25) is 0 Å². The molecule has 8 heteroatoms. The molecule has 0 atom stereocenters. The van der Waals surface area contributed by atoms with Gasteiger partial charge in [0.15, 0.2) is 0 Å². The third kappa shape index (κ3) is 7.14. The molecule has 0 spiro atoms. The van der Waals surface area contributed by atoms with Crippen LogP contribution in [0.4, 0.5) is 5.82 Å². The molecule has 5 heterocycles. The number of nitrogens with zero attached hydrogens (tertiary/aromatic N) is 4. The van der Waals surface area contributed by atoms with Crippen molar-refractivity contribution >= 4 is 38.9 Å². The van der Waals surface area contributed by atoms with Crippen molar-refractivity contribution in [2.75, 3.05) is 70.6 Å². The van der Waals surface area contributed by atoms with Gasteiger partial charge in [-0.1, -0.05) is 0 Å². The van der Waals surface area contributed by atoms with E-state index in [1.54, 1.807) is 0 Å². The molecule has 0 amide bonds. The molecule has 0 bridgehead atoms. The van der Waals surface area contributed by atoms with Crippen LogP contribution in [0, 0.1) is 0 Å². The average molecular weight is 647 g/mol. The standard InChI is InChI=1S/C19H25N4O3.3C4H9.Sn/c1-6-26-18-11-15(20-19(17(1)18)23-4-9-25-10-5-23)12-21-13-16(14-21)22-2-7-24-8-3-22;3*1-3-4-2;/h1,11,16H,2-5,7-10,12-14H2;3*1,3-4H2,2H3;. The van der Waals surface area contributed by atoms with Gasteiger partial charge in [-0.05, 0) is 0 Å². The van der Waals surface area contributed by atoms with E-state index in [0.717, 1.165) is 89.3 Å². The van der Waals surface area contributed by atoms with Crippen LogP contribution >= 0.6 is 0 Å². The van der Waals surface area contributed by atoms with Crippen LogP contribution in [0.3, 0.4) is 0 Å². The Morgan fingerprint density at radius 3 is 2.00 bits per heavy atom. The molecule has 3 aliphatic rings. The molecular formula is C31H52N4O3Sn. The number of furan rings is 1. The van der Waals surface area contributed by atoms with Gasteiger partial charge in [-0.2, -0.15) is 0 Å². The second kappa shape index (κ2) is 14.3. The molecule has 3 saturated heterocycles. The summed E-state index contributed by atoms with van der Waals surface area (Å²) in [6, 6.07) is 5.42. The number of rotatable bonds is 14. The van der Waals surface area contributed by atoms with Gasteiger partial charge in [0, 0.05) is 0 Å². The second-order valence-corrected chi connectivity index (χ2v) is 25.1. The molecule has 7 nitrogen and oxygen atoms in total. The number of ether oxygens (including phenoxy) is 2. The van der Waals surface area contributed by atoms with Crippen LogP contribution in [-0.2, 0) is 16.0 Å². The molecule has 218 valence electrons. The Bertz CT molecular complexity index is 1010. The van der Waals surface area contributed by atoms with Crippen LogP contribution < -0.4 is 8.68 Å². The molecule has 2 aromatic rings. The molecular weight excluding hydrogens is 595 g/mol. The Hall–Kier alpha value is -0.871. The number of morpholine rings is 2. The van der Waals surface area contributed by atoms with Crippen molar-refractivity contribution in [2.24, 2.45) is 0 Å². The van der Waals surface area contributed by atoms with E-state index in [2.05, 4.69) is 47.6 Å². The average Bonchev–Trinajstić information content (AvgIpc) is 3.40. The number of aromatic nitrogens is 1. The predicted octanol–water partition coefficient (Wildman–Crippen LogP) is 5.24. The summed E-state index contributed by atoms with van der Waals surface area (Å²) in [5, 5.41) is 1.25. The summed E-state index contributed by atoms with van der Waals surface area (Å²) < 4.78 is 24.0. The minimum atomic E-state index is -2.68. The third-order valence-electron chi connectivity index (χ3n) is 9.29. The van der Waals surface area contributed by atoms with E-state index in [-0.39, 0.29) is 0 Å². The quantitative estimate of drug-likeness (QED) is 0.260. The van der Waals surface area contributed by atoms with Crippen molar-refractivity contribution in [1.82, 2.24) is 14.8 Å². The maximum atomic E-state index is 7.00. The topological polar surface area (TPSA) is 54.2 Å². The first-order chi connectivity index (χ1) is 19.2. The summed E-state index contributed by atoms with van der Waals surface area (Å²) in [6.07, 6.45) is 7.88. The van der Waals surface area contributed by atoms with Gasteiger partial charge in [0.25, 0.3) is 0 Å². The SMILES string of the molecule is CCC[CH2][Sn]([CH2]CCC)([CH2]CCC)[c]1cc2c(N3CCOCC3)nc(CN3CC(N4CCOCC4)C3)cc2o1. The number of hydrogen-bond acceptors (Lipinski definition) is 7. The van der Waals surface area contributed by atoms with E-state index in [0.29, 0.717) is 6.04 Å². The van der Waals surface area contributed by atoms with E-state index in [1.807, 2.05) is 0 Å². The van der Waals surface area contributed by atoms with E-state index in [1.165, 1.54) is 61.0 Å². The van der Waals surface area contributed by atoms with E-state index in [9.17, 15) is 0 Å². The number of fused-ring (bicyclic) bond motifs is 1. The molecule has 0 unspecified atom stereocenters. The van der Waals surface area contributed by atoms with Crippen LogP contribution in [0.2, 0.25) is 13.3 Å². The van der Waals surface area contributed by atoms with Crippen molar-refractivity contribution < 1.29 is 13.9 Å². The van der Waals surface area contributed by atoms with Crippen LogP contribution in [0.5, 0.6) is 0 Å². The third-order valence-corrected chi connectivity index (χ3v) is 24.2. The van der Waals surface area contributed by atoms with Crippen molar-refractivity contribution in [2.45, 2.75) is 85.2 Å². The van der Waals surface area contributed by atoms with Gasteiger partial charge < -0.3 is 4.74 Å². The van der Waals surface area contributed by atoms with Gasteiger partial charge in [0.1, 0.15) is 0 Å². The zero-order chi connectivity index (χ0) is 27.1. The number of anilines is 1. The second-order valence-electron chi connectivity index (χ2n) is 12.1. The summed E-state index contributed by atoms with van der Waals surface area (Å²) in [5.74, 6) is 1.13. The first-order valence-electron chi connectivity index (χ1n) is 16.0. The fourth-order valence-electron chi connectivity index (χ4n) is 6.79. The number of pyridine rings is 1. The molecule has 3 fully saturated rings. The summed E-state index contributed by atoms with van der Waals surface area (Å²) in [4.78, 5) is 12.9. The molecule has 0 aliphatic carbocycles. The summed E-state index contributed by atoms with van der Waals surface area (Å²) in [5.41, 5.74) is 2.23. The molecule has 0 saturated carbocycles. The molecule has 0 radical (unpaired) electrons. The van der Waals surface area contributed by atoms with E-state index in [4.69, 9.17) is 18.9 Å². The van der Waals surface area contributed by atoms with E-state index >= 15 is 0 Å².